The lowest BCUT2D eigenvalue weighted by Gasteiger charge is -2.48. The second-order valence-corrected chi connectivity index (χ2v) is 11.5. The fourth-order valence-corrected chi connectivity index (χ4v) is 4.59. The van der Waals surface area contributed by atoms with Gasteiger partial charge in [-0.2, -0.15) is 0 Å². The van der Waals surface area contributed by atoms with Crippen LogP contribution in [0.15, 0.2) is 22.7 Å². The Morgan fingerprint density at radius 2 is 1.81 bits per heavy atom. The zero-order valence-corrected chi connectivity index (χ0v) is 19.2. The van der Waals surface area contributed by atoms with Crippen molar-refractivity contribution < 1.29 is 8.95 Å². The summed E-state index contributed by atoms with van der Waals surface area (Å²) in [5, 5.41) is 5.04. The zero-order chi connectivity index (χ0) is 19.5. The van der Waals surface area contributed by atoms with Gasteiger partial charge >= 0.3 is 0 Å². The van der Waals surface area contributed by atoms with Crippen LogP contribution in [-0.4, -0.2) is 22.2 Å². The Hall–Kier alpha value is -0.230. The van der Waals surface area contributed by atoms with E-state index in [-0.39, 0.29) is 4.75 Å². The van der Waals surface area contributed by atoms with Gasteiger partial charge in [0.1, 0.15) is 0 Å². The standard InChI is InChI=1S/C17H23BrO.C4H11NOS/c1-12-16-11-14(18)4-3-13(16)5-8-17(12)9-6-15(19-2)7-10-17;1-4(2,3)7(5)6/h3-4,11-12,15H,5-10H2,1-2H3;5H2,1-3H3. The molecule has 5 heteroatoms. The summed E-state index contributed by atoms with van der Waals surface area (Å²) in [6, 6.07) is 6.85. The fraction of sp³-hybridized carbons (Fsp3) is 0.714. The van der Waals surface area contributed by atoms with Crippen molar-refractivity contribution in [3.63, 3.8) is 0 Å². The molecule has 0 saturated heterocycles. The predicted octanol–water partition coefficient (Wildman–Crippen LogP) is 5.48. The van der Waals surface area contributed by atoms with Crippen LogP contribution < -0.4 is 5.14 Å². The second kappa shape index (κ2) is 8.85. The summed E-state index contributed by atoms with van der Waals surface area (Å²) >= 11 is 3.63. The van der Waals surface area contributed by atoms with E-state index < -0.39 is 11.0 Å². The topological polar surface area (TPSA) is 52.3 Å². The summed E-state index contributed by atoms with van der Waals surface area (Å²) < 4.78 is 16.9. The van der Waals surface area contributed by atoms with Crippen LogP contribution in [-0.2, 0) is 22.1 Å². The molecular weight excluding hydrogens is 410 g/mol. The van der Waals surface area contributed by atoms with Gasteiger partial charge in [-0.15, -0.1) is 0 Å². The molecule has 2 aliphatic carbocycles. The molecule has 1 spiro atoms. The maximum absolute atomic E-state index is 10.4. The van der Waals surface area contributed by atoms with Crippen LogP contribution in [0.5, 0.6) is 0 Å². The van der Waals surface area contributed by atoms with Gasteiger partial charge in [-0.1, -0.05) is 28.9 Å². The van der Waals surface area contributed by atoms with E-state index in [0.29, 0.717) is 17.4 Å². The minimum Gasteiger partial charge on any atom is -0.381 e. The molecule has 2 N–H and O–H groups in total. The first-order chi connectivity index (χ1) is 12.1. The van der Waals surface area contributed by atoms with Crippen molar-refractivity contribution in [2.75, 3.05) is 7.11 Å². The Labute approximate surface area is 170 Å². The zero-order valence-electron chi connectivity index (χ0n) is 16.8. The van der Waals surface area contributed by atoms with Crippen LogP contribution >= 0.6 is 15.9 Å². The van der Waals surface area contributed by atoms with Gasteiger partial charge in [-0.05, 0) is 93.9 Å². The number of ether oxygens (including phenoxy) is 1. The van der Waals surface area contributed by atoms with Gasteiger partial charge in [0.15, 0.2) is 0 Å². The van der Waals surface area contributed by atoms with Crippen molar-refractivity contribution in [3.8, 4) is 0 Å². The highest BCUT2D eigenvalue weighted by Crippen LogP contribution is 2.54. The molecular formula is C21H34BrNO2S. The molecule has 148 valence electrons. The van der Waals surface area contributed by atoms with Crippen molar-refractivity contribution >= 4 is 26.9 Å². The molecule has 0 amide bonds. The third-order valence-electron chi connectivity index (χ3n) is 6.25. The summed E-state index contributed by atoms with van der Waals surface area (Å²) in [5.41, 5.74) is 3.68. The molecule has 3 rings (SSSR count). The second-order valence-electron chi connectivity index (χ2n) is 8.77. The summed E-state index contributed by atoms with van der Waals surface area (Å²) in [5.74, 6) is 0.687. The van der Waals surface area contributed by atoms with E-state index in [9.17, 15) is 4.21 Å². The van der Waals surface area contributed by atoms with Gasteiger partial charge < -0.3 is 4.74 Å². The quantitative estimate of drug-likeness (QED) is 0.624. The number of hydrogen-bond donors (Lipinski definition) is 1. The van der Waals surface area contributed by atoms with Gasteiger partial charge in [0, 0.05) is 11.6 Å². The number of halogens is 1. The summed E-state index contributed by atoms with van der Waals surface area (Å²) in [4.78, 5) is 0. The number of hydrogen-bond acceptors (Lipinski definition) is 2. The first-order valence-corrected chi connectivity index (χ1v) is 11.6. The molecule has 0 aliphatic heterocycles. The Bertz CT molecular complexity index is 633. The van der Waals surface area contributed by atoms with Gasteiger partial charge in [-0.25, -0.2) is 4.21 Å². The highest BCUT2D eigenvalue weighted by molar-refractivity contribution is 9.10. The SMILES string of the molecule is CC(C)(C)S(N)=O.COC1CCC2(CCc3ccc(Br)cc3C2C)CC1. The maximum atomic E-state index is 10.4. The number of methoxy groups -OCH3 is 1. The van der Waals surface area contributed by atoms with E-state index in [1.807, 2.05) is 27.9 Å². The largest absolute Gasteiger partial charge is 0.381 e. The van der Waals surface area contributed by atoms with Crippen LogP contribution in [0.4, 0.5) is 0 Å². The molecule has 0 bridgehead atoms. The normalized spacial score (nSPS) is 29.5. The third-order valence-corrected chi connectivity index (χ3v) is 7.95. The Balaban J connectivity index is 0.000000298. The van der Waals surface area contributed by atoms with Crippen LogP contribution in [0.2, 0.25) is 0 Å². The summed E-state index contributed by atoms with van der Waals surface area (Å²) in [6.07, 6.45) is 8.26. The van der Waals surface area contributed by atoms with Crippen molar-refractivity contribution in [3.05, 3.63) is 33.8 Å². The molecule has 0 aromatic heterocycles. The molecule has 2 aliphatic rings. The molecule has 2 atom stereocenters. The van der Waals surface area contributed by atoms with E-state index in [1.54, 1.807) is 11.1 Å². The van der Waals surface area contributed by atoms with E-state index in [4.69, 9.17) is 9.88 Å². The Morgan fingerprint density at radius 3 is 2.31 bits per heavy atom. The number of fused-ring (bicyclic) bond motifs is 1. The van der Waals surface area contributed by atoms with Gasteiger partial charge in [-0.3, -0.25) is 5.14 Å². The molecule has 0 radical (unpaired) electrons. The average Bonchev–Trinajstić information content (AvgIpc) is 2.59. The molecule has 1 aromatic rings. The fourth-order valence-electron chi connectivity index (χ4n) is 4.21. The summed E-state index contributed by atoms with van der Waals surface area (Å²) in [7, 11) is 0.678. The Kier molecular flexibility index (Phi) is 7.51. The van der Waals surface area contributed by atoms with Crippen molar-refractivity contribution in [1.29, 1.82) is 0 Å². The maximum Gasteiger partial charge on any atom is 0.0942 e. The van der Waals surface area contributed by atoms with Gasteiger partial charge in [0.2, 0.25) is 0 Å². The van der Waals surface area contributed by atoms with Gasteiger partial charge in [0.05, 0.1) is 21.8 Å². The Morgan fingerprint density at radius 1 is 1.23 bits per heavy atom. The summed E-state index contributed by atoms with van der Waals surface area (Å²) in [6.45, 7) is 7.95. The predicted molar refractivity (Wildman–Crippen MR) is 115 cm³/mol. The first-order valence-electron chi connectivity index (χ1n) is 9.56. The third kappa shape index (κ3) is 5.18. The first kappa shape index (κ1) is 22.1. The number of aryl methyl sites for hydroxylation is 1. The average molecular weight is 444 g/mol. The van der Waals surface area contributed by atoms with Gasteiger partial charge in [0.25, 0.3) is 0 Å². The van der Waals surface area contributed by atoms with Crippen molar-refractivity contribution in [2.45, 2.75) is 83.0 Å². The molecule has 1 fully saturated rings. The lowest BCUT2D eigenvalue weighted by atomic mass is 9.58. The minimum atomic E-state index is -1.18. The number of rotatable bonds is 1. The van der Waals surface area contributed by atoms with Crippen molar-refractivity contribution in [2.24, 2.45) is 10.6 Å². The lowest BCUT2D eigenvalue weighted by molar-refractivity contribution is 0.0110. The molecule has 0 heterocycles. The van der Waals surface area contributed by atoms with Crippen LogP contribution in [0, 0.1) is 5.41 Å². The highest BCUT2D eigenvalue weighted by atomic mass is 79.9. The molecule has 3 nitrogen and oxygen atoms in total. The number of benzene rings is 1. The molecule has 1 aromatic carbocycles. The van der Waals surface area contributed by atoms with E-state index in [2.05, 4.69) is 41.1 Å². The molecule has 26 heavy (non-hydrogen) atoms. The van der Waals surface area contributed by atoms with E-state index >= 15 is 0 Å². The van der Waals surface area contributed by atoms with E-state index in [0.717, 1.165) is 0 Å². The number of nitrogens with two attached hydrogens (primary N) is 1. The smallest absolute Gasteiger partial charge is 0.0942 e. The minimum absolute atomic E-state index is 0.250. The van der Waals surface area contributed by atoms with Crippen LogP contribution in [0.1, 0.15) is 76.8 Å². The monoisotopic (exact) mass is 443 g/mol. The molecule has 1 saturated carbocycles. The van der Waals surface area contributed by atoms with Crippen molar-refractivity contribution in [1.82, 2.24) is 0 Å². The van der Waals surface area contributed by atoms with Crippen LogP contribution in [0.25, 0.3) is 0 Å². The highest BCUT2D eigenvalue weighted by Gasteiger charge is 2.43. The molecule has 2 unspecified atom stereocenters. The van der Waals surface area contributed by atoms with E-state index in [1.165, 1.54) is 43.0 Å². The lowest BCUT2D eigenvalue weighted by Crippen LogP contribution is -2.37. The van der Waals surface area contributed by atoms with Crippen LogP contribution in [0.3, 0.4) is 0 Å².